The fourth-order valence-electron chi connectivity index (χ4n) is 6.75. The Balaban J connectivity index is 1.10. The van der Waals surface area contributed by atoms with Crippen molar-refractivity contribution in [2.24, 2.45) is 11.8 Å². The minimum atomic E-state index is -3.02. The van der Waals surface area contributed by atoms with Crippen LogP contribution in [0, 0.1) is 11.8 Å². The van der Waals surface area contributed by atoms with E-state index in [-0.39, 0.29) is 47.7 Å². The number of esters is 1. The molecule has 0 unspecified atom stereocenters. The number of hydrogen-bond acceptors (Lipinski definition) is 10. The molecule has 13 heteroatoms. The third-order valence-corrected chi connectivity index (χ3v) is 10.8. The van der Waals surface area contributed by atoms with Crippen LogP contribution in [0.2, 0.25) is 0 Å². The monoisotopic (exact) mass is 682 g/mol. The van der Waals surface area contributed by atoms with Gasteiger partial charge < -0.3 is 29.6 Å². The van der Waals surface area contributed by atoms with E-state index in [1.807, 2.05) is 52.9 Å². The van der Waals surface area contributed by atoms with Gasteiger partial charge in [-0.2, -0.15) is 4.98 Å². The van der Waals surface area contributed by atoms with Crippen molar-refractivity contribution in [1.29, 1.82) is 0 Å². The summed E-state index contributed by atoms with van der Waals surface area (Å²) in [5, 5.41) is 7.50. The molecular weight excluding hydrogens is 632 g/mol. The topological polar surface area (TPSA) is 145 Å². The van der Waals surface area contributed by atoms with Gasteiger partial charge in [-0.15, -0.1) is 0 Å². The fourth-order valence-corrected chi connectivity index (χ4v) is 7.39. The first kappa shape index (κ1) is 35.6. The number of hydrogen-bond donors (Lipinski definition) is 2. The largest absolute Gasteiger partial charge is 0.493 e. The van der Waals surface area contributed by atoms with E-state index >= 15 is 0 Å². The molecule has 5 rings (SSSR count). The lowest BCUT2D eigenvalue weighted by molar-refractivity contribution is -0.156. The van der Waals surface area contributed by atoms with E-state index in [2.05, 4.69) is 22.5 Å². The normalized spacial score (nSPS) is 20.3. The quantitative estimate of drug-likeness (QED) is 0.186. The van der Waals surface area contributed by atoms with Gasteiger partial charge in [0.2, 0.25) is 11.9 Å². The molecule has 1 aromatic carbocycles. The standard InChI is InChI=1S/C35H50N6O6S/c1-5-24(2)32(36-3)34(43)47-27-15-19-40(20-16-27)33(42)25-10-12-26(13-11-25)38-35-37-18-14-31(39-35)41-21-17-28-29(41)8-6-9-30(28)46-22-7-23-48(4,44)45/h6,8-9,14,17-18,21,24-27,32,36H,5,7,10-13,15-16,19-20,22-23H2,1-4H3,(H,37,38,39)/t24-,25-,26-,32-/m1/s1. The molecule has 2 aliphatic rings. The Labute approximate surface area is 283 Å². The van der Waals surface area contributed by atoms with Crippen molar-refractivity contribution in [3.8, 4) is 11.6 Å². The number of rotatable bonds is 14. The minimum absolute atomic E-state index is 0.00232. The van der Waals surface area contributed by atoms with Crippen LogP contribution >= 0.6 is 0 Å². The Morgan fingerprint density at radius 1 is 1.06 bits per heavy atom. The maximum absolute atomic E-state index is 13.4. The summed E-state index contributed by atoms with van der Waals surface area (Å²) >= 11 is 0. The van der Waals surface area contributed by atoms with Gasteiger partial charge in [-0.3, -0.25) is 9.59 Å². The lowest BCUT2D eigenvalue weighted by atomic mass is 9.85. The van der Waals surface area contributed by atoms with Crippen LogP contribution in [-0.4, -0.2) is 96.7 Å². The average Bonchev–Trinajstić information content (AvgIpc) is 3.52. The van der Waals surface area contributed by atoms with Gasteiger partial charge in [0.05, 0.1) is 17.9 Å². The number of likely N-dealkylation sites (tertiary alicyclic amines) is 1. The van der Waals surface area contributed by atoms with Crippen LogP contribution in [0.1, 0.15) is 65.2 Å². The summed E-state index contributed by atoms with van der Waals surface area (Å²) < 4.78 is 36.6. The Hall–Kier alpha value is -3.71. The van der Waals surface area contributed by atoms with Gasteiger partial charge in [-0.05, 0) is 69.3 Å². The number of carbonyl (C=O) groups excluding carboxylic acids is 2. The van der Waals surface area contributed by atoms with Crippen LogP contribution in [0.25, 0.3) is 16.7 Å². The summed E-state index contributed by atoms with van der Waals surface area (Å²) in [7, 11) is -1.23. The predicted octanol–water partition coefficient (Wildman–Crippen LogP) is 4.37. The minimum Gasteiger partial charge on any atom is -0.493 e. The number of amides is 1. The SMILES string of the molecule is CC[C@@H](C)[C@@H](NC)C(=O)OC1CCN(C(=O)[C@H]2CC[C@H](Nc3nccc(-n4ccc5c(OCCCS(C)(=O)=O)cccc54)n3)CC2)CC1. The number of piperidine rings is 1. The van der Waals surface area contributed by atoms with Crippen molar-refractivity contribution in [1.82, 2.24) is 24.8 Å². The van der Waals surface area contributed by atoms with Crippen molar-refractivity contribution in [2.75, 3.05) is 44.1 Å². The highest BCUT2D eigenvalue weighted by Gasteiger charge is 2.34. The summed E-state index contributed by atoms with van der Waals surface area (Å²) in [6.45, 7) is 5.67. The number of aromatic nitrogens is 3. The van der Waals surface area contributed by atoms with E-state index in [1.165, 1.54) is 6.26 Å². The average molecular weight is 683 g/mol. The molecule has 12 nitrogen and oxygen atoms in total. The number of fused-ring (bicyclic) bond motifs is 1. The number of benzene rings is 1. The van der Waals surface area contributed by atoms with Gasteiger partial charge in [-0.25, -0.2) is 13.4 Å². The van der Waals surface area contributed by atoms with Crippen molar-refractivity contribution >= 4 is 38.6 Å². The first-order chi connectivity index (χ1) is 23.1. The number of likely N-dealkylation sites (N-methyl/N-ethyl adjacent to an activating group) is 1. The Bertz CT molecular complexity index is 1650. The van der Waals surface area contributed by atoms with Crippen LogP contribution in [0.5, 0.6) is 5.75 Å². The molecule has 3 heterocycles. The smallest absolute Gasteiger partial charge is 0.323 e. The molecule has 3 aromatic rings. The maximum Gasteiger partial charge on any atom is 0.323 e. The van der Waals surface area contributed by atoms with E-state index in [4.69, 9.17) is 14.5 Å². The third kappa shape index (κ3) is 9.04. The van der Waals surface area contributed by atoms with Crippen molar-refractivity contribution < 1.29 is 27.5 Å². The molecule has 48 heavy (non-hydrogen) atoms. The van der Waals surface area contributed by atoms with Crippen LogP contribution < -0.4 is 15.4 Å². The first-order valence-corrected chi connectivity index (χ1v) is 19.3. The summed E-state index contributed by atoms with van der Waals surface area (Å²) in [6.07, 6.45) is 10.8. The predicted molar refractivity (Wildman–Crippen MR) is 186 cm³/mol. The summed E-state index contributed by atoms with van der Waals surface area (Å²) in [6, 6.07) is 9.49. The van der Waals surface area contributed by atoms with Crippen LogP contribution in [-0.2, 0) is 24.2 Å². The summed E-state index contributed by atoms with van der Waals surface area (Å²) in [5.74, 6) is 2.27. The van der Waals surface area contributed by atoms with E-state index < -0.39 is 9.84 Å². The van der Waals surface area contributed by atoms with Gasteiger partial charge >= 0.3 is 5.97 Å². The van der Waals surface area contributed by atoms with E-state index in [9.17, 15) is 18.0 Å². The van der Waals surface area contributed by atoms with Gasteiger partial charge in [0.1, 0.15) is 33.6 Å². The number of ether oxygens (including phenoxy) is 2. The second-order valence-electron chi connectivity index (χ2n) is 13.3. The second-order valence-corrected chi connectivity index (χ2v) is 15.5. The zero-order chi connectivity index (χ0) is 34.3. The van der Waals surface area contributed by atoms with Crippen molar-refractivity contribution in [2.45, 2.75) is 83.4 Å². The van der Waals surface area contributed by atoms with E-state index in [1.54, 1.807) is 13.2 Å². The van der Waals surface area contributed by atoms with Gasteiger partial charge in [0, 0.05) is 61.9 Å². The van der Waals surface area contributed by atoms with Crippen molar-refractivity contribution in [3.63, 3.8) is 0 Å². The highest BCUT2D eigenvalue weighted by molar-refractivity contribution is 7.90. The molecular formula is C35H50N6O6S. The molecule has 0 bridgehead atoms. The Morgan fingerprint density at radius 3 is 2.50 bits per heavy atom. The molecule has 262 valence electrons. The molecule has 2 N–H and O–H groups in total. The molecule has 0 radical (unpaired) electrons. The molecule has 1 amide bonds. The summed E-state index contributed by atoms with van der Waals surface area (Å²) in [4.78, 5) is 37.3. The Morgan fingerprint density at radius 2 is 1.81 bits per heavy atom. The first-order valence-electron chi connectivity index (χ1n) is 17.2. The lowest BCUT2D eigenvalue weighted by Crippen LogP contribution is -2.47. The number of nitrogens with one attached hydrogen (secondary N) is 2. The van der Waals surface area contributed by atoms with E-state index in [0.717, 1.165) is 48.8 Å². The maximum atomic E-state index is 13.4. The molecule has 1 saturated heterocycles. The number of sulfone groups is 1. The molecule has 2 atom stereocenters. The van der Waals surface area contributed by atoms with Gasteiger partial charge in [0.25, 0.3) is 0 Å². The molecule has 1 aliphatic carbocycles. The molecule has 0 spiro atoms. The van der Waals surface area contributed by atoms with E-state index in [0.29, 0.717) is 50.7 Å². The number of anilines is 1. The fraction of sp³-hybridized carbons (Fsp3) is 0.600. The molecule has 2 aromatic heterocycles. The summed E-state index contributed by atoms with van der Waals surface area (Å²) in [5.41, 5.74) is 0.926. The van der Waals surface area contributed by atoms with Crippen molar-refractivity contribution in [3.05, 3.63) is 42.7 Å². The highest BCUT2D eigenvalue weighted by Crippen LogP contribution is 2.31. The Kier molecular flexibility index (Phi) is 12.0. The number of nitrogens with zero attached hydrogens (tertiary/aromatic N) is 4. The lowest BCUT2D eigenvalue weighted by Gasteiger charge is -2.36. The van der Waals surface area contributed by atoms with Crippen LogP contribution in [0.3, 0.4) is 0 Å². The van der Waals surface area contributed by atoms with Crippen LogP contribution in [0.4, 0.5) is 5.95 Å². The van der Waals surface area contributed by atoms with Gasteiger partial charge in [-0.1, -0.05) is 26.3 Å². The third-order valence-electron chi connectivity index (χ3n) is 9.72. The zero-order valence-corrected chi connectivity index (χ0v) is 29.4. The number of carbonyl (C=O) groups is 2. The molecule has 2 fully saturated rings. The highest BCUT2D eigenvalue weighted by atomic mass is 32.2. The molecule has 1 aliphatic heterocycles. The van der Waals surface area contributed by atoms with Crippen LogP contribution in [0.15, 0.2) is 42.7 Å². The zero-order valence-electron chi connectivity index (χ0n) is 28.6. The molecule has 1 saturated carbocycles. The second kappa shape index (κ2) is 16.1. The van der Waals surface area contributed by atoms with Gasteiger partial charge in [0.15, 0.2) is 0 Å².